The molecule has 0 unspecified atom stereocenters. The number of nitrogens with two attached hydrogens (primary N) is 1. The average molecular weight is 296 g/mol. The van der Waals surface area contributed by atoms with Gasteiger partial charge in [0.1, 0.15) is 0 Å². The number of guanidine groups is 1. The first-order valence-electron chi connectivity index (χ1n) is 8.41. The minimum absolute atomic E-state index is 0.441. The Morgan fingerprint density at radius 1 is 1.24 bits per heavy atom. The van der Waals surface area contributed by atoms with Gasteiger partial charge in [-0.3, -0.25) is 4.99 Å². The Labute approximate surface area is 129 Å². The first-order valence-corrected chi connectivity index (χ1v) is 8.41. The van der Waals surface area contributed by atoms with Crippen LogP contribution < -0.4 is 5.73 Å². The molecular weight excluding hydrogens is 264 g/mol. The minimum atomic E-state index is -0.668. The Balaban J connectivity index is 1.82. The summed E-state index contributed by atoms with van der Waals surface area (Å²) in [7, 11) is 0. The Hall–Kier alpha value is -0.810. The van der Waals surface area contributed by atoms with Gasteiger partial charge in [-0.1, -0.05) is 6.92 Å². The second kappa shape index (κ2) is 6.97. The van der Waals surface area contributed by atoms with Gasteiger partial charge in [0.25, 0.3) is 0 Å². The van der Waals surface area contributed by atoms with Gasteiger partial charge >= 0.3 is 0 Å². The molecule has 0 bridgehead atoms. The molecule has 2 aliphatic heterocycles. The van der Waals surface area contributed by atoms with Crippen molar-refractivity contribution >= 4 is 5.96 Å². The van der Waals surface area contributed by atoms with Gasteiger partial charge < -0.3 is 20.6 Å². The molecule has 2 fully saturated rings. The number of aliphatic hydroxyl groups is 1. The molecule has 21 heavy (non-hydrogen) atoms. The third kappa shape index (κ3) is 4.58. The summed E-state index contributed by atoms with van der Waals surface area (Å²) in [5.41, 5.74) is 5.43. The normalized spacial score (nSPS) is 25.6. The fraction of sp³-hybridized carbons (Fsp3) is 0.938. The van der Waals surface area contributed by atoms with Crippen molar-refractivity contribution in [3.05, 3.63) is 0 Å². The van der Waals surface area contributed by atoms with E-state index in [1.165, 1.54) is 12.8 Å². The van der Waals surface area contributed by atoms with Crippen molar-refractivity contribution < 1.29 is 5.11 Å². The second-order valence-corrected chi connectivity index (χ2v) is 7.20. The Bertz CT molecular complexity index is 353. The van der Waals surface area contributed by atoms with Gasteiger partial charge in [-0.25, -0.2) is 0 Å². The largest absolute Gasteiger partial charge is 0.388 e. The fourth-order valence-electron chi connectivity index (χ4n) is 3.18. The maximum Gasteiger partial charge on any atom is 0.191 e. The molecule has 2 rings (SSSR count). The average Bonchev–Trinajstić information content (AvgIpc) is 2.46. The standard InChI is InChI=1S/C16H32N4O/c1-13(2)19-10-6-16(21,7-11-19)12-18-15(17)20-8-4-14(3)5-9-20/h13-14,21H,4-12H2,1-3H3,(H2,17,18). The van der Waals surface area contributed by atoms with Crippen LogP contribution in [0, 0.1) is 5.92 Å². The van der Waals surface area contributed by atoms with E-state index in [1.54, 1.807) is 0 Å². The molecular formula is C16H32N4O. The number of hydrogen-bond donors (Lipinski definition) is 2. The van der Waals surface area contributed by atoms with Crippen molar-refractivity contribution in [1.29, 1.82) is 0 Å². The van der Waals surface area contributed by atoms with E-state index < -0.39 is 5.60 Å². The Morgan fingerprint density at radius 3 is 2.33 bits per heavy atom. The van der Waals surface area contributed by atoms with E-state index in [1.807, 2.05) is 0 Å². The minimum Gasteiger partial charge on any atom is -0.388 e. The summed E-state index contributed by atoms with van der Waals surface area (Å²) in [6.07, 6.45) is 3.95. The van der Waals surface area contributed by atoms with Crippen LogP contribution in [-0.2, 0) is 0 Å². The number of hydrogen-bond acceptors (Lipinski definition) is 3. The topological polar surface area (TPSA) is 65.1 Å². The fourth-order valence-corrected chi connectivity index (χ4v) is 3.18. The quantitative estimate of drug-likeness (QED) is 0.608. The Morgan fingerprint density at radius 2 is 1.81 bits per heavy atom. The zero-order chi connectivity index (χ0) is 15.5. The van der Waals surface area contributed by atoms with E-state index in [0.29, 0.717) is 18.5 Å². The van der Waals surface area contributed by atoms with Crippen LogP contribution in [0.3, 0.4) is 0 Å². The van der Waals surface area contributed by atoms with E-state index in [2.05, 4.69) is 35.6 Å². The summed E-state index contributed by atoms with van der Waals surface area (Å²) in [5.74, 6) is 1.40. The predicted octanol–water partition coefficient (Wildman–Crippen LogP) is 1.27. The van der Waals surface area contributed by atoms with Gasteiger partial charge in [0.2, 0.25) is 0 Å². The number of rotatable bonds is 3. The zero-order valence-electron chi connectivity index (χ0n) is 13.9. The monoisotopic (exact) mass is 296 g/mol. The molecule has 0 saturated carbocycles. The molecule has 0 atom stereocenters. The number of aliphatic imine (C=N–C) groups is 1. The van der Waals surface area contributed by atoms with Gasteiger partial charge in [-0.05, 0) is 45.4 Å². The highest BCUT2D eigenvalue weighted by molar-refractivity contribution is 5.78. The first-order chi connectivity index (χ1) is 9.89. The smallest absolute Gasteiger partial charge is 0.191 e. The third-order valence-electron chi connectivity index (χ3n) is 5.10. The highest BCUT2D eigenvalue weighted by atomic mass is 16.3. The Kier molecular flexibility index (Phi) is 5.49. The SMILES string of the molecule is CC1CCN(C(N)=NCC2(O)CCN(C(C)C)CC2)CC1. The maximum absolute atomic E-state index is 10.7. The molecule has 0 aromatic carbocycles. The highest BCUT2D eigenvalue weighted by Gasteiger charge is 2.33. The lowest BCUT2D eigenvalue weighted by atomic mass is 9.91. The summed E-state index contributed by atoms with van der Waals surface area (Å²) >= 11 is 0. The van der Waals surface area contributed by atoms with Crippen LogP contribution in [0.25, 0.3) is 0 Å². The van der Waals surface area contributed by atoms with Crippen molar-refractivity contribution in [2.45, 2.75) is 58.1 Å². The van der Waals surface area contributed by atoms with Crippen LogP contribution in [0.15, 0.2) is 4.99 Å². The van der Waals surface area contributed by atoms with Crippen molar-refractivity contribution in [2.75, 3.05) is 32.7 Å². The van der Waals surface area contributed by atoms with E-state index >= 15 is 0 Å². The van der Waals surface area contributed by atoms with Gasteiger partial charge in [0.05, 0.1) is 12.1 Å². The van der Waals surface area contributed by atoms with Gasteiger partial charge in [-0.15, -0.1) is 0 Å². The molecule has 5 nitrogen and oxygen atoms in total. The molecule has 0 aromatic heterocycles. The summed E-state index contributed by atoms with van der Waals surface area (Å²) in [5, 5.41) is 10.7. The molecule has 0 spiro atoms. The third-order valence-corrected chi connectivity index (χ3v) is 5.10. The van der Waals surface area contributed by atoms with Crippen LogP contribution in [0.5, 0.6) is 0 Å². The van der Waals surface area contributed by atoms with Gasteiger partial charge in [0, 0.05) is 32.2 Å². The zero-order valence-corrected chi connectivity index (χ0v) is 13.9. The molecule has 122 valence electrons. The van der Waals surface area contributed by atoms with E-state index in [-0.39, 0.29) is 0 Å². The van der Waals surface area contributed by atoms with Gasteiger partial charge in [0.15, 0.2) is 5.96 Å². The summed E-state index contributed by atoms with van der Waals surface area (Å²) < 4.78 is 0. The molecule has 0 aromatic rings. The molecule has 0 radical (unpaired) electrons. The summed E-state index contributed by atoms with van der Waals surface area (Å²) in [6.45, 7) is 11.0. The summed E-state index contributed by atoms with van der Waals surface area (Å²) in [4.78, 5) is 9.06. The lowest BCUT2D eigenvalue weighted by Gasteiger charge is -2.39. The molecule has 5 heteroatoms. The molecule has 2 aliphatic rings. The highest BCUT2D eigenvalue weighted by Crippen LogP contribution is 2.24. The van der Waals surface area contributed by atoms with E-state index in [0.717, 1.165) is 44.9 Å². The maximum atomic E-state index is 10.7. The molecule has 2 saturated heterocycles. The predicted molar refractivity (Wildman–Crippen MR) is 87.4 cm³/mol. The molecule has 3 N–H and O–H groups in total. The van der Waals surface area contributed by atoms with Crippen molar-refractivity contribution in [3.63, 3.8) is 0 Å². The number of piperidine rings is 2. The van der Waals surface area contributed by atoms with Crippen LogP contribution in [0.4, 0.5) is 0 Å². The van der Waals surface area contributed by atoms with Crippen molar-refractivity contribution in [1.82, 2.24) is 9.80 Å². The molecule has 0 amide bonds. The van der Waals surface area contributed by atoms with Gasteiger partial charge in [-0.2, -0.15) is 0 Å². The van der Waals surface area contributed by atoms with E-state index in [9.17, 15) is 5.11 Å². The van der Waals surface area contributed by atoms with Crippen LogP contribution in [0.2, 0.25) is 0 Å². The van der Waals surface area contributed by atoms with Crippen molar-refractivity contribution in [3.8, 4) is 0 Å². The van der Waals surface area contributed by atoms with Crippen LogP contribution in [0.1, 0.15) is 46.5 Å². The number of likely N-dealkylation sites (tertiary alicyclic amines) is 2. The lowest BCUT2D eigenvalue weighted by molar-refractivity contribution is -0.0200. The van der Waals surface area contributed by atoms with Crippen LogP contribution in [-0.4, -0.2) is 65.2 Å². The summed E-state index contributed by atoms with van der Waals surface area (Å²) in [6, 6.07) is 0.554. The van der Waals surface area contributed by atoms with E-state index in [4.69, 9.17) is 5.73 Å². The van der Waals surface area contributed by atoms with Crippen molar-refractivity contribution in [2.24, 2.45) is 16.6 Å². The number of nitrogens with zero attached hydrogens (tertiary/aromatic N) is 3. The first kappa shape index (κ1) is 16.6. The molecule has 0 aliphatic carbocycles. The second-order valence-electron chi connectivity index (χ2n) is 7.20. The lowest BCUT2D eigenvalue weighted by Crippen LogP contribution is -2.49. The van der Waals surface area contributed by atoms with Crippen LogP contribution >= 0.6 is 0 Å². The molecule has 2 heterocycles.